The molecule has 0 aliphatic rings. The van der Waals surface area contributed by atoms with Gasteiger partial charge in [0, 0.05) is 16.7 Å². The van der Waals surface area contributed by atoms with Gasteiger partial charge in [0.2, 0.25) is 0 Å². The van der Waals surface area contributed by atoms with Crippen LogP contribution in [-0.4, -0.2) is 23.0 Å². The topological polar surface area (TPSA) is 66.4 Å². The Kier molecular flexibility index (Phi) is 7.48. The van der Waals surface area contributed by atoms with Crippen LogP contribution in [0.1, 0.15) is 39.0 Å². The molecule has 3 aromatic carbocycles. The first-order valence-corrected chi connectivity index (χ1v) is 10.3. The maximum atomic E-state index is 12.7. The minimum Gasteiger partial charge on any atom is -0.480 e. The summed E-state index contributed by atoms with van der Waals surface area (Å²) in [4.78, 5) is 24.3. The van der Waals surface area contributed by atoms with E-state index in [0.29, 0.717) is 29.0 Å². The third-order valence-electron chi connectivity index (χ3n) is 4.76. The van der Waals surface area contributed by atoms with Crippen molar-refractivity contribution in [3.8, 4) is 11.8 Å². The van der Waals surface area contributed by atoms with Gasteiger partial charge in [0.25, 0.3) is 5.91 Å². The maximum Gasteiger partial charge on any atom is 0.326 e. The molecule has 31 heavy (non-hydrogen) atoms. The Balaban J connectivity index is 1.73. The van der Waals surface area contributed by atoms with Crippen LogP contribution in [0.4, 0.5) is 0 Å². The first-order valence-electron chi connectivity index (χ1n) is 9.88. The normalized spacial score (nSPS) is 11.2. The lowest BCUT2D eigenvalue weighted by atomic mass is 10.0. The molecule has 5 heteroatoms. The molecule has 0 spiro atoms. The molecular formula is C26H22ClNO3. The molecule has 3 rings (SSSR count). The van der Waals surface area contributed by atoms with Crippen LogP contribution in [0.3, 0.4) is 0 Å². The molecule has 0 saturated heterocycles. The van der Waals surface area contributed by atoms with E-state index in [1.807, 2.05) is 61.5 Å². The van der Waals surface area contributed by atoms with Gasteiger partial charge >= 0.3 is 5.97 Å². The predicted octanol–water partition coefficient (Wildman–Crippen LogP) is 4.86. The third-order valence-corrected chi connectivity index (χ3v) is 5.09. The van der Waals surface area contributed by atoms with E-state index >= 15 is 0 Å². The quantitative estimate of drug-likeness (QED) is 0.547. The van der Waals surface area contributed by atoms with Gasteiger partial charge in [0.15, 0.2) is 0 Å². The number of carboxylic acid groups (broad SMARTS) is 1. The van der Waals surface area contributed by atoms with Gasteiger partial charge in [0.1, 0.15) is 6.04 Å². The van der Waals surface area contributed by atoms with Gasteiger partial charge in [-0.05, 0) is 61.2 Å². The molecule has 1 amide bonds. The summed E-state index contributed by atoms with van der Waals surface area (Å²) in [5.41, 5.74) is 3.78. The van der Waals surface area contributed by atoms with Crippen LogP contribution >= 0.6 is 11.6 Å². The average molecular weight is 432 g/mol. The van der Waals surface area contributed by atoms with Gasteiger partial charge in [-0.1, -0.05) is 65.9 Å². The molecule has 0 radical (unpaired) electrons. The van der Waals surface area contributed by atoms with E-state index in [1.54, 1.807) is 18.2 Å². The van der Waals surface area contributed by atoms with Crippen LogP contribution < -0.4 is 5.32 Å². The largest absolute Gasteiger partial charge is 0.480 e. The van der Waals surface area contributed by atoms with Gasteiger partial charge in [-0.15, -0.1) is 0 Å². The maximum absolute atomic E-state index is 12.7. The van der Waals surface area contributed by atoms with E-state index < -0.39 is 17.9 Å². The fourth-order valence-corrected chi connectivity index (χ4v) is 3.24. The van der Waals surface area contributed by atoms with Crippen molar-refractivity contribution in [2.75, 3.05) is 0 Å². The van der Waals surface area contributed by atoms with E-state index in [4.69, 9.17) is 11.6 Å². The predicted molar refractivity (Wildman–Crippen MR) is 122 cm³/mol. The van der Waals surface area contributed by atoms with Crippen molar-refractivity contribution in [1.82, 2.24) is 5.32 Å². The van der Waals surface area contributed by atoms with Crippen molar-refractivity contribution in [3.63, 3.8) is 0 Å². The monoisotopic (exact) mass is 431 g/mol. The van der Waals surface area contributed by atoms with E-state index in [-0.39, 0.29) is 0 Å². The number of carbonyl (C=O) groups is 2. The summed E-state index contributed by atoms with van der Waals surface area (Å²) in [6.07, 6.45) is 0.838. The molecule has 0 bridgehead atoms. The highest BCUT2D eigenvalue weighted by Gasteiger charge is 2.21. The van der Waals surface area contributed by atoms with E-state index in [2.05, 4.69) is 17.2 Å². The summed E-state index contributed by atoms with van der Waals surface area (Å²) in [5, 5.41) is 12.5. The summed E-state index contributed by atoms with van der Waals surface area (Å²) in [5.74, 6) is 4.49. The van der Waals surface area contributed by atoms with Gasteiger partial charge in [0.05, 0.1) is 5.02 Å². The number of rotatable bonds is 6. The highest BCUT2D eigenvalue weighted by Crippen LogP contribution is 2.17. The number of hydrogen-bond acceptors (Lipinski definition) is 2. The molecule has 1 atom stereocenters. The van der Waals surface area contributed by atoms with Crippen LogP contribution in [0, 0.1) is 18.8 Å². The molecule has 1 unspecified atom stereocenters. The summed E-state index contributed by atoms with van der Waals surface area (Å²) < 4.78 is 0. The second-order valence-electron chi connectivity index (χ2n) is 7.20. The molecule has 3 aromatic rings. The Morgan fingerprint density at radius 1 is 1.00 bits per heavy atom. The molecule has 0 heterocycles. The number of halogens is 1. The van der Waals surface area contributed by atoms with Crippen molar-refractivity contribution in [2.45, 2.75) is 25.8 Å². The molecular weight excluding hydrogens is 410 g/mol. The first kappa shape index (κ1) is 22.1. The highest BCUT2D eigenvalue weighted by atomic mass is 35.5. The lowest BCUT2D eigenvalue weighted by molar-refractivity contribution is -0.139. The fourth-order valence-electron chi connectivity index (χ4n) is 3.08. The van der Waals surface area contributed by atoms with Crippen molar-refractivity contribution >= 4 is 23.5 Å². The lowest BCUT2D eigenvalue weighted by Gasteiger charge is -2.15. The van der Waals surface area contributed by atoms with Crippen LogP contribution in [0.15, 0.2) is 72.8 Å². The van der Waals surface area contributed by atoms with Gasteiger partial charge < -0.3 is 10.4 Å². The summed E-state index contributed by atoms with van der Waals surface area (Å²) in [7, 11) is 0. The van der Waals surface area contributed by atoms with Gasteiger partial charge in [-0.2, -0.15) is 0 Å². The Labute approximate surface area is 186 Å². The molecule has 0 aliphatic carbocycles. The van der Waals surface area contributed by atoms with Crippen LogP contribution in [0.25, 0.3) is 0 Å². The lowest BCUT2D eigenvalue weighted by Crippen LogP contribution is -2.41. The number of benzene rings is 3. The number of carboxylic acids is 1. The minimum atomic E-state index is -1.07. The van der Waals surface area contributed by atoms with Crippen molar-refractivity contribution < 1.29 is 14.7 Å². The molecule has 0 saturated carbocycles. The second-order valence-corrected chi connectivity index (χ2v) is 7.61. The SMILES string of the molecule is Cc1cccc(C#Cc2cc(C(=O)NC(CCc3ccccc3)C(=O)O)ccc2Cl)c1. The highest BCUT2D eigenvalue weighted by molar-refractivity contribution is 6.31. The smallest absolute Gasteiger partial charge is 0.326 e. The molecule has 0 aliphatic heterocycles. The zero-order valence-corrected chi connectivity index (χ0v) is 17.8. The molecule has 0 aromatic heterocycles. The molecule has 0 fully saturated rings. The van der Waals surface area contributed by atoms with Crippen molar-refractivity contribution in [2.24, 2.45) is 0 Å². The summed E-state index contributed by atoms with van der Waals surface area (Å²) in [6.45, 7) is 1.99. The van der Waals surface area contributed by atoms with Gasteiger partial charge in [-0.25, -0.2) is 4.79 Å². The van der Waals surface area contributed by atoms with E-state index in [9.17, 15) is 14.7 Å². The average Bonchev–Trinajstić information content (AvgIpc) is 2.76. The number of aryl methyl sites for hydroxylation is 2. The van der Waals surface area contributed by atoms with Crippen LogP contribution in [0.2, 0.25) is 5.02 Å². The number of hydrogen-bond donors (Lipinski definition) is 2. The summed E-state index contributed by atoms with van der Waals surface area (Å²) >= 11 is 6.24. The Bertz CT molecular complexity index is 1150. The molecule has 2 N–H and O–H groups in total. The Morgan fingerprint density at radius 2 is 1.77 bits per heavy atom. The first-order chi connectivity index (χ1) is 14.9. The number of amides is 1. The van der Waals surface area contributed by atoms with Crippen molar-refractivity contribution in [1.29, 1.82) is 0 Å². The second kappa shape index (κ2) is 10.5. The Morgan fingerprint density at radius 3 is 2.48 bits per heavy atom. The number of aliphatic carboxylic acids is 1. The van der Waals surface area contributed by atoms with Crippen LogP contribution in [0.5, 0.6) is 0 Å². The Hall–Kier alpha value is -3.55. The standard InChI is InChI=1S/C26H22ClNO3/c1-18-6-5-9-20(16-18)10-12-21-17-22(13-14-23(21)27)25(29)28-24(26(30)31)15-11-19-7-3-2-4-8-19/h2-9,13-14,16-17,24H,11,15H2,1H3,(H,28,29)(H,30,31). The van der Waals surface area contributed by atoms with E-state index in [0.717, 1.165) is 16.7 Å². The number of carbonyl (C=O) groups excluding carboxylic acids is 1. The zero-order chi connectivity index (χ0) is 22.2. The molecule has 156 valence electrons. The minimum absolute atomic E-state index is 0.290. The van der Waals surface area contributed by atoms with E-state index in [1.165, 1.54) is 0 Å². The van der Waals surface area contributed by atoms with Crippen LogP contribution in [-0.2, 0) is 11.2 Å². The zero-order valence-electron chi connectivity index (χ0n) is 17.1. The summed E-state index contributed by atoms with van der Waals surface area (Å²) in [6, 6.07) is 21.1. The number of nitrogens with one attached hydrogen (secondary N) is 1. The molecule has 4 nitrogen and oxygen atoms in total. The van der Waals surface area contributed by atoms with Gasteiger partial charge in [-0.3, -0.25) is 4.79 Å². The third kappa shape index (κ3) is 6.47. The fraction of sp³-hybridized carbons (Fsp3) is 0.154. The van der Waals surface area contributed by atoms with Crippen molar-refractivity contribution in [3.05, 3.63) is 106 Å².